The average Bonchev–Trinajstić information content (AvgIpc) is 2.91. The van der Waals surface area contributed by atoms with Gasteiger partial charge in [-0.05, 0) is 19.1 Å². The molecule has 0 radical (unpaired) electrons. The van der Waals surface area contributed by atoms with Crippen LogP contribution in [0.3, 0.4) is 0 Å². The minimum Gasteiger partial charge on any atom is -0.326 e. The van der Waals surface area contributed by atoms with E-state index in [9.17, 15) is 0 Å². The van der Waals surface area contributed by atoms with Gasteiger partial charge in [-0.15, -0.1) is 0 Å². The van der Waals surface area contributed by atoms with E-state index < -0.39 is 0 Å². The molecule has 0 atom stereocenters. The number of fused-ring (bicyclic) bond motifs is 1. The lowest BCUT2D eigenvalue weighted by Crippen LogP contribution is -2.01. The molecule has 1 aromatic carbocycles. The van der Waals surface area contributed by atoms with Crippen molar-refractivity contribution in [1.29, 1.82) is 0 Å². The molecule has 0 aliphatic rings. The van der Waals surface area contributed by atoms with Crippen molar-refractivity contribution in [3.63, 3.8) is 0 Å². The monoisotopic (exact) mass is 244 g/mol. The van der Waals surface area contributed by atoms with Gasteiger partial charge >= 0.3 is 0 Å². The lowest BCUT2D eigenvalue weighted by molar-refractivity contribution is 0.837. The fourth-order valence-electron chi connectivity index (χ4n) is 1.79. The maximum absolute atomic E-state index is 5.65. The smallest absolute Gasteiger partial charge is 0.211 e. The van der Waals surface area contributed by atoms with Crippen molar-refractivity contribution >= 4 is 21.6 Å². The molecule has 4 nitrogen and oxygen atoms in total. The molecule has 5 heteroatoms. The molecule has 0 aliphatic carbocycles. The number of hydrogen-bond acceptors (Lipinski definition) is 4. The van der Waals surface area contributed by atoms with E-state index in [4.69, 9.17) is 5.73 Å². The van der Waals surface area contributed by atoms with E-state index >= 15 is 0 Å². The highest BCUT2D eigenvalue weighted by Crippen LogP contribution is 2.25. The van der Waals surface area contributed by atoms with Crippen LogP contribution in [0.15, 0.2) is 30.5 Å². The Kier molecular flexibility index (Phi) is 2.42. The molecule has 0 bridgehead atoms. The summed E-state index contributed by atoms with van der Waals surface area (Å²) in [4.78, 5) is 4.57. The first-order chi connectivity index (χ1) is 8.29. The van der Waals surface area contributed by atoms with Crippen molar-refractivity contribution in [2.24, 2.45) is 5.73 Å². The fraction of sp³-hybridized carbons (Fsp3) is 0.167. The summed E-state index contributed by atoms with van der Waals surface area (Å²) in [5, 5.41) is 5.23. The first-order valence-electron chi connectivity index (χ1n) is 5.39. The molecule has 2 heterocycles. The van der Waals surface area contributed by atoms with Crippen LogP contribution >= 0.6 is 11.3 Å². The quantitative estimate of drug-likeness (QED) is 0.752. The SMILES string of the molecule is Cc1c(CN)cnn1-c1nc2ccccc2s1. The largest absolute Gasteiger partial charge is 0.326 e. The summed E-state index contributed by atoms with van der Waals surface area (Å²) < 4.78 is 3.03. The van der Waals surface area contributed by atoms with Crippen LogP contribution in [-0.2, 0) is 6.54 Å². The molecule has 0 aliphatic heterocycles. The zero-order chi connectivity index (χ0) is 11.8. The number of hydrogen-bond donors (Lipinski definition) is 1. The van der Waals surface area contributed by atoms with Crippen LogP contribution in [0, 0.1) is 6.92 Å². The fourth-order valence-corrected chi connectivity index (χ4v) is 2.76. The molecular weight excluding hydrogens is 232 g/mol. The summed E-state index contributed by atoms with van der Waals surface area (Å²) in [5.74, 6) is 0. The molecule has 3 rings (SSSR count). The normalized spacial score (nSPS) is 11.2. The zero-order valence-corrected chi connectivity index (χ0v) is 10.2. The third-order valence-electron chi connectivity index (χ3n) is 2.80. The summed E-state index contributed by atoms with van der Waals surface area (Å²) >= 11 is 1.64. The molecule has 0 spiro atoms. The predicted molar refractivity (Wildman–Crippen MR) is 69.4 cm³/mol. The van der Waals surface area contributed by atoms with Crippen LogP contribution < -0.4 is 5.73 Å². The lowest BCUT2D eigenvalue weighted by atomic mass is 10.3. The molecule has 0 unspecified atom stereocenters. The van der Waals surface area contributed by atoms with E-state index in [-0.39, 0.29) is 0 Å². The Labute approximate surface area is 103 Å². The Morgan fingerprint density at radius 3 is 2.88 bits per heavy atom. The third-order valence-corrected chi connectivity index (χ3v) is 3.81. The molecule has 0 amide bonds. The summed E-state index contributed by atoms with van der Waals surface area (Å²) in [5.41, 5.74) is 8.78. The first kappa shape index (κ1) is 10.4. The standard InChI is InChI=1S/C12H12N4S/c1-8-9(6-13)7-14-16(8)12-15-10-4-2-3-5-11(10)17-12/h2-5,7H,6,13H2,1H3. The molecule has 86 valence electrons. The number of thiazole rings is 1. The first-order valence-corrected chi connectivity index (χ1v) is 6.21. The second-order valence-electron chi connectivity index (χ2n) is 3.84. The lowest BCUT2D eigenvalue weighted by Gasteiger charge is -1.99. The second-order valence-corrected chi connectivity index (χ2v) is 4.84. The molecule has 2 aromatic heterocycles. The maximum atomic E-state index is 5.65. The van der Waals surface area contributed by atoms with Crippen LogP contribution in [0.5, 0.6) is 0 Å². The summed E-state index contributed by atoms with van der Waals surface area (Å²) in [7, 11) is 0. The van der Waals surface area contributed by atoms with Crippen LogP contribution in [-0.4, -0.2) is 14.8 Å². The van der Waals surface area contributed by atoms with Gasteiger partial charge in [0, 0.05) is 17.8 Å². The Balaban J connectivity index is 2.17. The van der Waals surface area contributed by atoms with Crippen molar-refractivity contribution in [3.8, 4) is 5.13 Å². The number of para-hydroxylation sites is 1. The van der Waals surface area contributed by atoms with Gasteiger partial charge in [-0.3, -0.25) is 0 Å². The predicted octanol–water partition coefficient (Wildman–Crippen LogP) is 2.25. The summed E-state index contributed by atoms with van der Waals surface area (Å²) in [6, 6.07) is 8.09. The molecule has 17 heavy (non-hydrogen) atoms. The second kappa shape index (κ2) is 3.94. The molecule has 0 saturated heterocycles. The highest BCUT2D eigenvalue weighted by molar-refractivity contribution is 7.20. The Morgan fingerprint density at radius 1 is 1.35 bits per heavy atom. The Bertz CT molecular complexity index is 635. The number of aromatic nitrogens is 3. The van der Waals surface area contributed by atoms with Gasteiger partial charge in [0.2, 0.25) is 5.13 Å². The molecule has 3 aromatic rings. The van der Waals surface area contributed by atoms with Crippen molar-refractivity contribution in [2.45, 2.75) is 13.5 Å². The maximum Gasteiger partial charge on any atom is 0.211 e. The van der Waals surface area contributed by atoms with E-state index in [1.165, 1.54) is 4.70 Å². The third kappa shape index (κ3) is 1.64. The zero-order valence-electron chi connectivity index (χ0n) is 9.42. The van der Waals surface area contributed by atoms with Gasteiger partial charge in [0.25, 0.3) is 0 Å². The number of benzene rings is 1. The van der Waals surface area contributed by atoms with Crippen LogP contribution in [0.1, 0.15) is 11.3 Å². The highest BCUT2D eigenvalue weighted by Gasteiger charge is 2.10. The van der Waals surface area contributed by atoms with E-state index in [1.54, 1.807) is 17.5 Å². The van der Waals surface area contributed by atoms with Gasteiger partial charge in [0.05, 0.1) is 16.4 Å². The van der Waals surface area contributed by atoms with Gasteiger partial charge in [0.15, 0.2) is 0 Å². The highest BCUT2D eigenvalue weighted by atomic mass is 32.1. The minimum absolute atomic E-state index is 0.511. The molecule has 0 fully saturated rings. The van der Waals surface area contributed by atoms with E-state index in [1.807, 2.05) is 29.8 Å². The van der Waals surface area contributed by atoms with Gasteiger partial charge < -0.3 is 5.73 Å². The van der Waals surface area contributed by atoms with Gasteiger partial charge in [0.1, 0.15) is 0 Å². The topological polar surface area (TPSA) is 56.7 Å². The van der Waals surface area contributed by atoms with Crippen molar-refractivity contribution in [1.82, 2.24) is 14.8 Å². The van der Waals surface area contributed by atoms with Crippen molar-refractivity contribution in [3.05, 3.63) is 41.7 Å². The van der Waals surface area contributed by atoms with Gasteiger partial charge in [-0.2, -0.15) is 5.10 Å². The molecule has 0 saturated carbocycles. The minimum atomic E-state index is 0.511. The number of nitrogens with zero attached hydrogens (tertiary/aromatic N) is 3. The van der Waals surface area contributed by atoms with Crippen molar-refractivity contribution < 1.29 is 0 Å². The van der Waals surface area contributed by atoms with Crippen LogP contribution in [0.4, 0.5) is 0 Å². The van der Waals surface area contributed by atoms with E-state index in [0.717, 1.165) is 21.9 Å². The number of rotatable bonds is 2. The molecule has 2 N–H and O–H groups in total. The van der Waals surface area contributed by atoms with E-state index in [2.05, 4.69) is 16.1 Å². The van der Waals surface area contributed by atoms with Crippen molar-refractivity contribution in [2.75, 3.05) is 0 Å². The van der Waals surface area contributed by atoms with Crippen LogP contribution in [0.2, 0.25) is 0 Å². The summed E-state index contributed by atoms with van der Waals surface area (Å²) in [6.07, 6.45) is 1.81. The van der Waals surface area contributed by atoms with Crippen LogP contribution in [0.25, 0.3) is 15.3 Å². The Hall–Kier alpha value is -1.72. The Morgan fingerprint density at radius 2 is 2.18 bits per heavy atom. The van der Waals surface area contributed by atoms with Gasteiger partial charge in [-0.1, -0.05) is 23.5 Å². The average molecular weight is 244 g/mol. The van der Waals surface area contributed by atoms with Gasteiger partial charge in [-0.25, -0.2) is 9.67 Å². The summed E-state index contributed by atoms with van der Waals surface area (Å²) in [6.45, 7) is 2.53. The molecular formula is C12H12N4S. The van der Waals surface area contributed by atoms with E-state index in [0.29, 0.717) is 6.54 Å². The number of nitrogens with two attached hydrogens (primary N) is 1.